The molecular weight excluding hydrogens is 399 g/mol. The van der Waals surface area contributed by atoms with Crippen LogP contribution in [-0.2, 0) is 6.54 Å². The third-order valence-corrected chi connectivity index (χ3v) is 6.57. The molecule has 0 N–H and O–H groups in total. The number of halogens is 1. The molecule has 3 nitrogen and oxygen atoms in total. The first-order valence-corrected chi connectivity index (χ1v) is 11.3. The smallest absolute Gasteiger partial charge is 0.159 e. The number of carbonyl (C=O) groups is 1. The Hall–Kier alpha value is -2.82. The summed E-state index contributed by atoms with van der Waals surface area (Å²) < 4.78 is 14.2. The van der Waals surface area contributed by atoms with Crippen LogP contribution in [0.3, 0.4) is 0 Å². The van der Waals surface area contributed by atoms with Crippen LogP contribution in [0, 0.1) is 5.82 Å². The normalized spacial score (nSPS) is 20.8. The Bertz CT molecular complexity index is 1050. The second-order valence-electron chi connectivity index (χ2n) is 8.91. The summed E-state index contributed by atoms with van der Waals surface area (Å²) in [5, 5.41) is 0. The first kappa shape index (κ1) is 22.4. The van der Waals surface area contributed by atoms with E-state index in [9.17, 15) is 9.18 Å². The Labute approximate surface area is 190 Å². The van der Waals surface area contributed by atoms with E-state index >= 15 is 0 Å². The number of hydrogen-bond donors (Lipinski definition) is 0. The van der Waals surface area contributed by atoms with Crippen LogP contribution in [0.5, 0.6) is 0 Å². The molecule has 0 bridgehead atoms. The molecule has 1 aliphatic rings. The average molecular weight is 431 g/mol. The van der Waals surface area contributed by atoms with Gasteiger partial charge in [-0.25, -0.2) is 4.39 Å². The Morgan fingerprint density at radius 1 is 0.875 bits per heavy atom. The van der Waals surface area contributed by atoms with Gasteiger partial charge in [0.1, 0.15) is 5.82 Å². The van der Waals surface area contributed by atoms with Crippen molar-refractivity contribution in [2.24, 2.45) is 0 Å². The monoisotopic (exact) mass is 430 g/mol. The fraction of sp³-hybridized carbons (Fsp3) is 0.321. The van der Waals surface area contributed by atoms with Crippen molar-refractivity contribution in [2.75, 3.05) is 13.1 Å². The molecule has 0 amide bonds. The van der Waals surface area contributed by atoms with Crippen LogP contribution in [0.4, 0.5) is 4.39 Å². The van der Waals surface area contributed by atoms with Crippen LogP contribution < -0.4 is 0 Å². The van der Waals surface area contributed by atoms with Gasteiger partial charge in [0.15, 0.2) is 5.78 Å². The lowest BCUT2D eigenvalue weighted by atomic mass is 9.92. The standard InChI is InChI=1S/C28H31FN2O/c1-20-18-31(21(2)17-30(20)19-26-11-7-8-12-27(26)29)28(24-9-5-4-6-10-24)25-15-13-23(14-16-25)22(3)32/h4-16,20-21,28H,17-19H2,1-3H3. The minimum Gasteiger partial charge on any atom is -0.295 e. The molecule has 3 aromatic carbocycles. The van der Waals surface area contributed by atoms with Crippen LogP contribution in [-0.4, -0.2) is 40.8 Å². The highest BCUT2D eigenvalue weighted by atomic mass is 19.1. The van der Waals surface area contributed by atoms with Crippen molar-refractivity contribution < 1.29 is 9.18 Å². The molecule has 3 aromatic rings. The molecule has 1 aliphatic heterocycles. The van der Waals surface area contributed by atoms with E-state index < -0.39 is 0 Å². The molecule has 3 unspecified atom stereocenters. The molecule has 0 aliphatic carbocycles. The zero-order chi connectivity index (χ0) is 22.7. The van der Waals surface area contributed by atoms with E-state index in [0.29, 0.717) is 6.54 Å². The largest absolute Gasteiger partial charge is 0.295 e. The zero-order valence-corrected chi connectivity index (χ0v) is 19.0. The molecule has 0 aromatic heterocycles. The summed E-state index contributed by atoms with van der Waals surface area (Å²) in [5.74, 6) is -0.0564. The van der Waals surface area contributed by atoms with Gasteiger partial charge >= 0.3 is 0 Å². The number of rotatable bonds is 6. The molecule has 0 radical (unpaired) electrons. The summed E-state index contributed by atoms with van der Waals surface area (Å²) in [6.07, 6.45) is 0. The van der Waals surface area contributed by atoms with Gasteiger partial charge in [0.25, 0.3) is 0 Å². The van der Waals surface area contributed by atoms with Crippen molar-refractivity contribution in [1.29, 1.82) is 0 Å². The van der Waals surface area contributed by atoms with E-state index in [1.807, 2.05) is 30.3 Å². The summed E-state index contributed by atoms with van der Waals surface area (Å²) in [6, 6.07) is 26.3. The second kappa shape index (κ2) is 9.76. The van der Waals surface area contributed by atoms with Gasteiger partial charge in [0, 0.05) is 42.8 Å². The van der Waals surface area contributed by atoms with E-state index in [0.717, 1.165) is 24.2 Å². The van der Waals surface area contributed by atoms with E-state index in [1.165, 1.54) is 17.2 Å². The van der Waals surface area contributed by atoms with Gasteiger partial charge in [-0.1, -0.05) is 72.8 Å². The molecule has 166 valence electrons. The topological polar surface area (TPSA) is 23.6 Å². The summed E-state index contributed by atoms with van der Waals surface area (Å²) in [7, 11) is 0. The molecule has 1 heterocycles. The quantitative estimate of drug-likeness (QED) is 0.468. The number of hydrogen-bond acceptors (Lipinski definition) is 3. The predicted octanol–water partition coefficient (Wildman–Crippen LogP) is 5.71. The Balaban J connectivity index is 1.61. The summed E-state index contributed by atoms with van der Waals surface area (Å²) >= 11 is 0. The number of Topliss-reactive ketones (excluding diaryl/α,β-unsaturated/α-hetero) is 1. The van der Waals surface area contributed by atoms with E-state index in [2.05, 4.69) is 60.0 Å². The van der Waals surface area contributed by atoms with E-state index in [-0.39, 0.29) is 29.7 Å². The first-order chi connectivity index (χ1) is 15.4. The van der Waals surface area contributed by atoms with Crippen LogP contribution in [0.25, 0.3) is 0 Å². The maximum absolute atomic E-state index is 14.2. The van der Waals surface area contributed by atoms with Crippen molar-refractivity contribution in [1.82, 2.24) is 9.80 Å². The molecular formula is C28H31FN2O. The van der Waals surface area contributed by atoms with Gasteiger partial charge in [0.05, 0.1) is 6.04 Å². The van der Waals surface area contributed by atoms with Crippen molar-refractivity contribution in [3.05, 3.63) is 107 Å². The SMILES string of the molecule is CC(=O)c1ccc(C(c2ccccc2)N2CC(C)N(Cc3ccccc3F)CC2C)cc1. The molecule has 3 atom stereocenters. The number of ketones is 1. The van der Waals surface area contributed by atoms with Crippen LogP contribution in [0.2, 0.25) is 0 Å². The predicted molar refractivity (Wildman–Crippen MR) is 127 cm³/mol. The van der Waals surface area contributed by atoms with Gasteiger partial charge in [-0.2, -0.15) is 0 Å². The zero-order valence-electron chi connectivity index (χ0n) is 19.0. The van der Waals surface area contributed by atoms with E-state index in [4.69, 9.17) is 0 Å². The summed E-state index contributed by atoms with van der Waals surface area (Å²) in [6.45, 7) is 8.44. The van der Waals surface area contributed by atoms with Crippen LogP contribution in [0.15, 0.2) is 78.9 Å². The minimum absolute atomic E-state index is 0.0801. The van der Waals surface area contributed by atoms with E-state index in [1.54, 1.807) is 13.0 Å². The van der Waals surface area contributed by atoms with Crippen LogP contribution >= 0.6 is 0 Å². The highest BCUT2D eigenvalue weighted by Crippen LogP contribution is 2.34. The highest BCUT2D eigenvalue weighted by molar-refractivity contribution is 5.94. The maximum atomic E-state index is 14.2. The van der Waals surface area contributed by atoms with Crippen molar-refractivity contribution in [2.45, 2.75) is 45.4 Å². The number of benzene rings is 3. The average Bonchev–Trinajstić information content (AvgIpc) is 2.79. The van der Waals surface area contributed by atoms with Crippen LogP contribution in [0.1, 0.15) is 53.9 Å². The molecule has 4 rings (SSSR count). The lowest BCUT2D eigenvalue weighted by Crippen LogP contribution is -2.56. The third kappa shape index (κ3) is 4.82. The third-order valence-electron chi connectivity index (χ3n) is 6.57. The molecule has 1 saturated heterocycles. The molecule has 0 spiro atoms. The highest BCUT2D eigenvalue weighted by Gasteiger charge is 2.35. The second-order valence-corrected chi connectivity index (χ2v) is 8.91. The fourth-order valence-corrected chi connectivity index (χ4v) is 4.76. The van der Waals surface area contributed by atoms with Gasteiger partial charge in [-0.05, 0) is 38.0 Å². The molecule has 4 heteroatoms. The maximum Gasteiger partial charge on any atom is 0.159 e. The molecule has 32 heavy (non-hydrogen) atoms. The number of carbonyl (C=O) groups excluding carboxylic acids is 1. The Morgan fingerprint density at radius 3 is 2.16 bits per heavy atom. The molecule has 1 fully saturated rings. The van der Waals surface area contributed by atoms with Gasteiger partial charge < -0.3 is 0 Å². The summed E-state index contributed by atoms with van der Waals surface area (Å²) in [5.41, 5.74) is 3.91. The lowest BCUT2D eigenvalue weighted by Gasteiger charge is -2.47. The number of nitrogens with zero attached hydrogens (tertiary/aromatic N) is 2. The van der Waals surface area contributed by atoms with Crippen molar-refractivity contribution in [3.8, 4) is 0 Å². The lowest BCUT2D eigenvalue weighted by molar-refractivity contribution is 0.0190. The Kier molecular flexibility index (Phi) is 6.83. The number of piperazine rings is 1. The minimum atomic E-state index is -0.137. The first-order valence-electron chi connectivity index (χ1n) is 11.3. The van der Waals surface area contributed by atoms with Gasteiger partial charge in [-0.15, -0.1) is 0 Å². The van der Waals surface area contributed by atoms with Crippen molar-refractivity contribution >= 4 is 5.78 Å². The fourth-order valence-electron chi connectivity index (χ4n) is 4.76. The summed E-state index contributed by atoms with van der Waals surface area (Å²) in [4.78, 5) is 16.7. The van der Waals surface area contributed by atoms with Crippen molar-refractivity contribution in [3.63, 3.8) is 0 Å². The molecule has 0 saturated carbocycles. The van der Waals surface area contributed by atoms with Gasteiger partial charge in [-0.3, -0.25) is 14.6 Å². The Morgan fingerprint density at radius 2 is 1.50 bits per heavy atom. The van der Waals surface area contributed by atoms with Gasteiger partial charge in [0.2, 0.25) is 0 Å².